The number of aromatic nitrogens is 3. The highest BCUT2D eigenvalue weighted by Gasteiger charge is 2.27. The molecule has 1 aliphatic rings. The molecule has 0 N–H and O–H groups in total. The molecule has 1 saturated heterocycles. The summed E-state index contributed by atoms with van der Waals surface area (Å²) in [5.41, 5.74) is 3.95. The van der Waals surface area contributed by atoms with E-state index in [2.05, 4.69) is 27.1 Å². The maximum Gasteiger partial charge on any atom is 0.410 e. The molecule has 0 atom stereocenters. The first-order chi connectivity index (χ1) is 21.6. The lowest BCUT2D eigenvalue weighted by molar-refractivity contribution is -0.142. The first-order valence-corrected chi connectivity index (χ1v) is 15.4. The molecule has 45 heavy (non-hydrogen) atoms. The van der Waals surface area contributed by atoms with E-state index in [0.717, 1.165) is 44.3 Å². The Hall–Kier alpha value is -4.63. The Labute approximate surface area is 267 Å². The number of amides is 1. The van der Waals surface area contributed by atoms with Crippen LogP contribution in [0, 0.1) is 5.41 Å². The molecule has 0 aliphatic carbocycles. The molecular weight excluding hydrogens is 590 g/mol. The van der Waals surface area contributed by atoms with Crippen molar-refractivity contribution in [2.75, 3.05) is 31.1 Å². The van der Waals surface area contributed by atoms with Crippen LogP contribution in [0.5, 0.6) is 5.75 Å². The molecule has 1 amide bonds. The average Bonchev–Trinajstić information content (AvgIpc) is 3.33. The zero-order valence-electron chi connectivity index (χ0n) is 25.9. The van der Waals surface area contributed by atoms with Crippen LogP contribution in [0.25, 0.3) is 21.8 Å². The Balaban J connectivity index is 1.24. The van der Waals surface area contributed by atoms with Crippen LogP contribution in [-0.4, -0.2) is 57.7 Å². The van der Waals surface area contributed by atoms with Gasteiger partial charge < -0.3 is 23.8 Å². The molecule has 1 fully saturated rings. The van der Waals surface area contributed by atoms with E-state index in [4.69, 9.17) is 21.1 Å². The van der Waals surface area contributed by atoms with Crippen LogP contribution in [0.4, 0.5) is 10.6 Å². The number of rotatable bonds is 6. The predicted molar refractivity (Wildman–Crippen MR) is 176 cm³/mol. The van der Waals surface area contributed by atoms with Crippen molar-refractivity contribution >= 4 is 51.3 Å². The Morgan fingerprint density at radius 1 is 0.911 bits per heavy atom. The molecule has 5 aromatic rings. The minimum absolute atomic E-state index is 0.160. The summed E-state index contributed by atoms with van der Waals surface area (Å²) in [7, 11) is 1.98. The molecule has 0 bridgehead atoms. The number of ether oxygens (including phenoxy) is 2. The predicted octanol–water partition coefficient (Wildman–Crippen LogP) is 6.78. The number of piperazine rings is 1. The second kappa shape index (κ2) is 12.4. The van der Waals surface area contributed by atoms with Crippen molar-refractivity contribution < 1.29 is 19.1 Å². The summed E-state index contributed by atoms with van der Waals surface area (Å²) in [6.07, 6.45) is 2.28. The van der Waals surface area contributed by atoms with Crippen LogP contribution < -0.4 is 9.64 Å². The van der Waals surface area contributed by atoms with Crippen LogP contribution in [0.3, 0.4) is 0 Å². The zero-order valence-corrected chi connectivity index (χ0v) is 26.7. The standard InChI is InChI=1S/C35H36ClN5O4/c1-35(2,3)32(42)45-27-19-24-12-8-9-13-28(24)25(20-27)18-26-21-39(4)30-29(26)37-33(36)38-31(30)40-14-16-41(17-15-40)34(43)44-22-23-10-6-5-7-11-23/h5-13,19-21H,14-18,22H2,1-4H3. The molecule has 0 radical (unpaired) electrons. The number of carbonyl (C=O) groups excluding carboxylic acids is 2. The third-order valence-electron chi connectivity index (χ3n) is 8.01. The number of carbonyl (C=O) groups is 2. The van der Waals surface area contributed by atoms with Crippen molar-refractivity contribution in [1.82, 2.24) is 19.4 Å². The lowest BCUT2D eigenvalue weighted by atomic mass is 9.97. The van der Waals surface area contributed by atoms with Crippen LogP contribution in [0.15, 0.2) is 72.9 Å². The van der Waals surface area contributed by atoms with Gasteiger partial charge in [-0.05, 0) is 66.4 Å². The van der Waals surface area contributed by atoms with Crippen molar-refractivity contribution in [3.63, 3.8) is 0 Å². The summed E-state index contributed by atoms with van der Waals surface area (Å²) in [4.78, 5) is 38.6. The molecule has 0 spiro atoms. The van der Waals surface area contributed by atoms with E-state index in [0.29, 0.717) is 38.3 Å². The summed E-state index contributed by atoms with van der Waals surface area (Å²) in [5.74, 6) is 0.953. The minimum Gasteiger partial charge on any atom is -0.445 e. The average molecular weight is 626 g/mol. The Bertz CT molecular complexity index is 1870. The molecule has 0 saturated carbocycles. The number of halogens is 1. The molecular formula is C35H36ClN5O4. The maximum absolute atomic E-state index is 12.7. The highest BCUT2D eigenvalue weighted by Crippen LogP contribution is 2.34. The SMILES string of the molecule is Cn1cc(Cc2cc(OC(=O)C(C)(C)C)cc3ccccc23)c2nc(Cl)nc(N3CCN(C(=O)OCc4ccccc4)CC3)c21. The normalized spacial score (nSPS) is 13.8. The number of anilines is 1. The number of hydrogen-bond acceptors (Lipinski definition) is 7. The summed E-state index contributed by atoms with van der Waals surface area (Å²) in [6.45, 7) is 7.92. The summed E-state index contributed by atoms with van der Waals surface area (Å²) in [5, 5.41) is 2.22. The first kappa shape index (κ1) is 30.4. The number of benzene rings is 3. The Morgan fingerprint density at radius 3 is 2.36 bits per heavy atom. The number of fused-ring (bicyclic) bond motifs is 2. The van der Waals surface area contributed by atoms with E-state index in [1.165, 1.54) is 0 Å². The minimum atomic E-state index is -0.626. The third-order valence-corrected chi connectivity index (χ3v) is 8.18. The van der Waals surface area contributed by atoms with E-state index < -0.39 is 5.41 Å². The van der Waals surface area contributed by atoms with Gasteiger partial charge in [0.25, 0.3) is 0 Å². The van der Waals surface area contributed by atoms with Crippen molar-refractivity contribution in [3.05, 3.63) is 94.9 Å². The van der Waals surface area contributed by atoms with Gasteiger partial charge in [0.1, 0.15) is 17.9 Å². The fourth-order valence-electron chi connectivity index (χ4n) is 5.62. The van der Waals surface area contributed by atoms with Gasteiger partial charge in [-0.15, -0.1) is 0 Å². The molecule has 232 valence electrons. The molecule has 10 heteroatoms. The number of hydrogen-bond donors (Lipinski definition) is 0. The largest absolute Gasteiger partial charge is 0.445 e. The fourth-order valence-corrected chi connectivity index (χ4v) is 5.78. The van der Waals surface area contributed by atoms with Gasteiger partial charge in [-0.1, -0.05) is 54.6 Å². The quantitative estimate of drug-likeness (QED) is 0.117. The third kappa shape index (κ3) is 6.59. The molecule has 6 rings (SSSR count). The molecule has 2 aromatic heterocycles. The van der Waals surface area contributed by atoms with Crippen LogP contribution in [0.1, 0.15) is 37.5 Å². The molecule has 3 heterocycles. The van der Waals surface area contributed by atoms with E-state index in [1.807, 2.05) is 93.0 Å². The number of nitrogens with zero attached hydrogens (tertiary/aromatic N) is 5. The monoisotopic (exact) mass is 625 g/mol. The van der Waals surface area contributed by atoms with Crippen LogP contribution in [0.2, 0.25) is 5.28 Å². The number of aryl methyl sites for hydroxylation is 1. The van der Waals surface area contributed by atoms with Crippen molar-refractivity contribution in [2.24, 2.45) is 12.5 Å². The Kier molecular flexibility index (Phi) is 8.38. The maximum atomic E-state index is 12.7. The first-order valence-electron chi connectivity index (χ1n) is 15.0. The van der Waals surface area contributed by atoms with Gasteiger partial charge in [0, 0.05) is 51.4 Å². The highest BCUT2D eigenvalue weighted by molar-refractivity contribution is 6.28. The summed E-state index contributed by atoms with van der Waals surface area (Å²) < 4.78 is 13.4. The van der Waals surface area contributed by atoms with Crippen LogP contribution in [-0.2, 0) is 29.6 Å². The van der Waals surface area contributed by atoms with Gasteiger partial charge in [0.05, 0.1) is 10.9 Å². The van der Waals surface area contributed by atoms with E-state index in [9.17, 15) is 9.59 Å². The van der Waals surface area contributed by atoms with Gasteiger partial charge in [-0.2, -0.15) is 4.98 Å². The van der Waals surface area contributed by atoms with E-state index in [-0.39, 0.29) is 24.0 Å². The lowest BCUT2D eigenvalue weighted by Gasteiger charge is -2.35. The smallest absolute Gasteiger partial charge is 0.410 e. The van der Waals surface area contributed by atoms with Gasteiger partial charge >= 0.3 is 12.1 Å². The molecule has 3 aromatic carbocycles. The van der Waals surface area contributed by atoms with Crippen molar-refractivity contribution in [3.8, 4) is 5.75 Å². The van der Waals surface area contributed by atoms with Gasteiger partial charge in [0.15, 0.2) is 5.82 Å². The van der Waals surface area contributed by atoms with Crippen molar-refractivity contribution in [1.29, 1.82) is 0 Å². The molecule has 0 unspecified atom stereocenters. The topological polar surface area (TPSA) is 89.8 Å². The fraction of sp³-hybridized carbons (Fsp3) is 0.314. The zero-order chi connectivity index (χ0) is 31.7. The number of esters is 1. The van der Waals surface area contributed by atoms with Gasteiger partial charge in [0.2, 0.25) is 5.28 Å². The second-order valence-corrected chi connectivity index (χ2v) is 12.8. The van der Waals surface area contributed by atoms with Crippen LogP contribution >= 0.6 is 11.6 Å². The van der Waals surface area contributed by atoms with Crippen molar-refractivity contribution in [2.45, 2.75) is 33.8 Å². The van der Waals surface area contributed by atoms with Gasteiger partial charge in [-0.3, -0.25) is 4.79 Å². The highest BCUT2D eigenvalue weighted by atomic mass is 35.5. The molecule has 9 nitrogen and oxygen atoms in total. The molecule has 1 aliphatic heterocycles. The summed E-state index contributed by atoms with van der Waals surface area (Å²) in [6, 6.07) is 21.6. The van der Waals surface area contributed by atoms with Gasteiger partial charge in [-0.25, -0.2) is 9.78 Å². The lowest BCUT2D eigenvalue weighted by Crippen LogP contribution is -2.49. The summed E-state index contributed by atoms with van der Waals surface area (Å²) >= 11 is 6.53. The Morgan fingerprint density at radius 2 is 1.62 bits per heavy atom. The van der Waals surface area contributed by atoms with E-state index in [1.54, 1.807) is 4.90 Å². The van der Waals surface area contributed by atoms with E-state index >= 15 is 0 Å². The second-order valence-electron chi connectivity index (χ2n) is 12.4.